The molecule has 0 aliphatic rings. The van der Waals surface area contributed by atoms with Crippen LogP contribution >= 0.6 is 0 Å². The minimum atomic E-state index is -3.75. The highest BCUT2D eigenvalue weighted by atomic mass is 32.2. The van der Waals surface area contributed by atoms with E-state index in [1.807, 2.05) is 6.92 Å². The lowest BCUT2D eigenvalue weighted by atomic mass is 10.00. The SMILES string of the molecule is CCCCC(CC)C(=O)OCCOCCOCCOCCOS(=O)(=O)c1ccccc1. The molecule has 0 radical (unpaired) electrons. The zero-order valence-corrected chi connectivity index (χ0v) is 19.4. The van der Waals surface area contributed by atoms with Gasteiger partial charge in [0, 0.05) is 0 Å². The molecule has 8 nitrogen and oxygen atoms in total. The normalized spacial score (nSPS) is 12.6. The minimum Gasteiger partial charge on any atom is -0.463 e. The van der Waals surface area contributed by atoms with Crippen LogP contribution in [0, 0.1) is 5.92 Å². The molecule has 0 aromatic heterocycles. The lowest BCUT2D eigenvalue weighted by molar-refractivity contribution is -0.150. The van der Waals surface area contributed by atoms with E-state index in [1.165, 1.54) is 12.1 Å². The molecule has 0 aliphatic carbocycles. The minimum absolute atomic E-state index is 0.0212. The average Bonchev–Trinajstić information content (AvgIpc) is 2.78. The first kappa shape index (κ1) is 27.5. The maximum atomic E-state index is 11.9. The molecule has 0 heterocycles. The molecule has 1 aromatic carbocycles. The first-order chi connectivity index (χ1) is 15.0. The number of rotatable bonds is 19. The highest BCUT2D eigenvalue weighted by Gasteiger charge is 2.17. The Hall–Kier alpha value is -1.52. The fourth-order valence-corrected chi connectivity index (χ4v) is 3.57. The van der Waals surface area contributed by atoms with Crippen molar-refractivity contribution in [3.63, 3.8) is 0 Å². The highest BCUT2D eigenvalue weighted by molar-refractivity contribution is 7.86. The lowest BCUT2D eigenvalue weighted by Gasteiger charge is -2.13. The highest BCUT2D eigenvalue weighted by Crippen LogP contribution is 2.14. The second kappa shape index (κ2) is 17.1. The van der Waals surface area contributed by atoms with Gasteiger partial charge >= 0.3 is 5.97 Å². The molecular weight excluding hydrogens is 424 g/mol. The number of hydrogen-bond acceptors (Lipinski definition) is 8. The van der Waals surface area contributed by atoms with Crippen LogP contribution in [0.2, 0.25) is 0 Å². The summed E-state index contributed by atoms with van der Waals surface area (Å²) >= 11 is 0. The molecule has 0 saturated carbocycles. The van der Waals surface area contributed by atoms with Crippen molar-refractivity contribution < 1.29 is 36.3 Å². The Balaban J connectivity index is 1.92. The average molecular weight is 461 g/mol. The third-order valence-corrected chi connectivity index (χ3v) is 5.77. The van der Waals surface area contributed by atoms with Gasteiger partial charge < -0.3 is 18.9 Å². The second-order valence-corrected chi connectivity index (χ2v) is 8.46. The quantitative estimate of drug-likeness (QED) is 0.176. The van der Waals surface area contributed by atoms with Crippen molar-refractivity contribution in [1.82, 2.24) is 0 Å². The first-order valence-electron chi connectivity index (χ1n) is 10.9. The van der Waals surface area contributed by atoms with Crippen LogP contribution in [0.4, 0.5) is 0 Å². The van der Waals surface area contributed by atoms with E-state index in [2.05, 4.69) is 6.92 Å². The van der Waals surface area contributed by atoms with Gasteiger partial charge in [0.1, 0.15) is 6.61 Å². The van der Waals surface area contributed by atoms with Crippen LogP contribution in [-0.4, -0.2) is 67.2 Å². The number of unbranched alkanes of at least 4 members (excludes halogenated alkanes) is 1. The summed E-state index contributed by atoms with van der Waals surface area (Å²) in [6, 6.07) is 7.96. The Morgan fingerprint density at radius 2 is 1.39 bits per heavy atom. The van der Waals surface area contributed by atoms with E-state index in [-0.39, 0.29) is 36.6 Å². The monoisotopic (exact) mass is 460 g/mol. The summed E-state index contributed by atoms with van der Waals surface area (Å²) in [5.41, 5.74) is 0. The molecular formula is C22H36O8S. The van der Waals surface area contributed by atoms with Gasteiger partial charge in [-0.2, -0.15) is 8.42 Å². The fraction of sp³-hybridized carbons (Fsp3) is 0.682. The molecule has 1 atom stereocenters. The van der Waals surface area contributed by atoms with E-state index in [0.717, 1.165) is 25.7 Å². The predicted octanol–water partition coefficient (Wildman–Crippen LogP) is 3.20. The molecule has 31 heavy (non-hydrogen) atoms. The van der Waals surface area contributed by atoms with Crippen molar-refractivity contribution in [2.45, 2.75) is 44.4 Å². The molecule has 0 spiro atoms. The van der Waals surface area contributed by atoms with E-state index in [0.29, 0.717) is 33.0 Å². The molecule has 0 amide bonds. The van der Waals surface area contributed by atoms with E-state index in [1.54, 1.807) is 18.2 Å². The number of esters is 1. The molecule has 0 aliphatic heterocycles. The van der Waals surface area contributed by atoms with Gasteiger partial charge in [0.2, 0.25) is 0 Å². The van der Waals surface area contributed by atoms with E-state index in [9.17, 15) is 13.2 Å². The summed E-state index contributed by atoms with van der Waals surface area (Å²) in [4.78, 5) is 12.1. The van der Waals surface area contributed by atoms with E-state index < -0.39 is 10.1 Å². The molecule has 1 rings (SSSR count). The molecule has 1 unspecified atom stereocenters. The standard InChI is InChI=1S/C22H36O8S/c1-3-5-9-20(4-2)22(23)29-18-16-27-14-12-26-13-15-28-17-19-30-31(24,25)21-10-7-6-8-11-21/h6-8,10-11,20H,3-5,9,12-19H2,1-2H3. The summed E-state index contributed by atoms with van der Waals surface area (Å²) in [6.45, 7) is 6.24. The number of ether oxygens (including phenoxy) is 4. The van der Waals surface area contributed by atoms with Crippen LogP contribution in [-0.2, 0) is 38.0 Å². The van der Waals surface area contributed by atoms with E-state index >= 15 is 0 Å². The van der Waals surface area contributed by atoms with Crippen molar-refractivity contribution in [1.29, 1.82) is 0 Å². The van der Waals surface area contributed by atoms with Crippen LogP contribution in [0.5, 0.6) is 0 Å². The number of benzene rings is 1. The third-order valence-electron chi connectivity index (χ3n) is 4.45. The summed E-state index contributed by atoms with van der Waals surface area (Å²) in [6.07, 6.45) is 3.77. The summed E-state index contributed by atoms with van der Waals surface area (Å²) in [5, 5.41) is 0. The molecule has 0 N–H and O–H groups in total. The molecule has 1 aromatic rings. The summed E-state index contributed by atoms with van der Waals surface area (Å²) in [7, 11) is -3.75. The summed E-state index contributed by atoms with van der Waals surface area (Å²) < 4.78 is 50.0. The Kier molecular flexibility index (Phi) is 15.2. The van der Waals surface area contributed by atoms with Crippen LogP contribution in [0.15, 0.2) is 35.2 Å². The number of hydrogen-bond donors (Lipinski definition) is 0. The largest absolute Gasteiger partial charge is 0.463 e. The van der Waals surface area contributed by atoms with Crippen LogP contribution in [0.1, 0.15) is 39.5 Å². The zero-order chi connectivity index (χ0) is 22.8. The Morgan fingerprint density at radius 3 is 1.94 bits per heavy atom. The van der Waals surface area contributed by atoms with Gasteiger partial charge in [0.15, 0.2) is 0 Å². The van der Waals surface area contributed by atoms with Crippen LogP contribution in [0.25, 0.3) is 0 Å². The Bertz CT molecular complexity index is 678. The molecule has 0 saturated heterocycles. The van der Waals surface area contributed by atoms with Gasteiger partial charge in [-0.3, -0.25) is 8.98 Å². The van der Waals surface area contributed by atoms with Crippen molar-refractivity contribution in [2.24, 2.45) is 5.92 Å². The van der Waals surface area contributed by atoms with Crippen LogP contribution in [0.3, 0.4) is 0 Å². The second-order valence-electron chi connectivity index (χ2n) is 6.84. The van der Waals surface area contributed by atoms with Crippen molar-refractivity contribution in [2.75, 3.05) is 52.9 Å². The molecule has 0 fully saturated rings. The number of carbonyl (C=O) groups is 1. The third kappa shape index (κ3) is 12.8. The smallest absolute Gasteiger partial charge is 0.308 e. The Labute approximate surface area is 186 Å². The van der Waals surface area contributed by atoms with Crippen molar-refractivity contribution in [3.05, 3.63) is 30.3 Å². The molecule has 9 heteroatoms. The fourth-order valence-electron chi connectivity index (χ4n) is 2.66. The van der Waals surface area contributed by atoms with Gasteiger partial charge in [0.25, 0.3) is 10.1 Å². The van der Waals surface area contributed by atoms with E-state index in [4.69, 9.17) is 23.1 Å². The molecule has 0 bridgehead atoms. The lowest BCUT2D eigenvalue weighted by Crippen LogP contribution is -2.20. The predicted molar refractivity (Wildman–Crippen MR) is 116 cm³/mol. The van der Waals surface area contributed by atoms with Crippen molar-refractivity contribution in [3.8, 4) is 0 Å². The Morgan fingerprint density at radius 1 is 0.839 bits per heavy atom. The maximum Gasteiger partial charge on any atom is 0.308 e. The zero-order valence-electron chi connectivity index (χ0n) is 18.6. The van der Waals surface area contributed by atoms with Gasteiger partial charge in [-0.25, -0.2) is 0 Å². The van der Waals surface area contributed by atoms with Gasteiger partial charge in [-0.05, 0) is 25.0 Å². The van der Waals surface area contributed by atoms with Gasteiger partial charge in [0.05, 0.1) is 57.1 Å². The molecule has 178 valence electrons. The summed E-state index contributed by atoms with van der Waals surface area (Å²) in [5.74, 6) is -0.166. The first-order valence-corrected chi connectivity index (χ1v) is 12.3. The maximum absolute atomic E-state index is 11.9. The number of carbonyl (C=O) groups excluding carboxylic acids is 1. The van der Waals surface area contributed by atoms with Crippen molar-refractivity contribution >= 4 is 16.1 Å². The van der Waals surface area contributed by atoms with Gasteiger partial charge in [-0.1, -0.05) is 44.9 Å². The topological polar surface area (TPSA) is 97.4 Å². The van der Waals surface area contributed by atoms with Gasteiger partial charge in [-0.15, -0.1) is 0 Å². The van der Waals surface area contributed by atoms with Crippen LogP contribution < -0.4 is 0 Å².